The number of carbonyl (C=O) groups excluding carboxylic acids is 2. The van der Waals surface area contributed by atoms with Crippen molar-refractivity contribution in [2.45, 2.75) is 31.7 Å². The first-order valence-corrected chi connectivity index (χ1v) is 11.6. The average molecular weight is 488 g/mol. The van der Waals surface area contributed by atoms with Gasteiger partial charge in [0.1, 0.15) is 0 Å². The van der Waals surface area contributed by atoms with Crippen LogP contribution < -0.4 is 10.2 Å². The second kappa shape index (κ2) is 9.00. The van der Waals surface area contributed by atoms with Crippen LogP contribution in [0.25, 0.3) is 0 Å². The summed E-state index contributed by atoms with van der Waals surface area (Å²) < 4.78 is 0. The second-order valence-corrected chi connectivity index (χ2v) is 9.19. The smallest absolute Gasteiger partial charge is 0.269 e. The van der Waals surface area contributed by atoms with Crippen LogP contribution in [0.1, 0.15) is 42.9 Å². The number of anilines is 2. The highest BCUT2D eigenvalue weighted by Crippen LogP contribution is 2.47. The molecule has 1 aliphatic carbocycles. The molecular weight excluding hydrogens is 466 g/mol. The summed E-state index contributed by atoms with van der Waals surface area (Å²) in [6, 6.07) is 20.2. The van der Waals surface area contributed by atoms with Gasteiger partial charge >= 0.3 is 0 Å². The van der Waals surface area contributed by atoms with Gasteiger partial charge in [0.25, 0.3) is 5.69 Å². The minimum atomic E-state index is -0.794. The molecule has 7 nitrogen and oxygen atoms in total. The van der Waals surface area contributed by atoms with Crippen molar-refractivity contribution < 1.29 is 14.5 Å². The van der Waals surface area contributed by atoms with Crippen LogP contribution in [0.15, 0.2) is 84.1 Å². The number of benzene rings is 3. The number of hydrogen-bond donors (Lipinski definition) is 1. The Morgan fingerprint density at radius 3 is 2.49 bits per heavy atom. The molecule has 1 N–H and O–H groups in total. The van der Waals surface area contributed by atoms with Gasteiger partial charge in [-0.3, -0.25) is 24.6 Å². The lowest BCUT2D eigenvalue weighted by Crippen LogP contribution is -2.37. The van der Waals surface area contributed by atoms with Gasteiger partial charge in [-0.1, -0.05) is 48.0 Å². The van der Waals surface area contributed by atoms with Gasteiger partial charge in [0.15, 0.2) is 5.78 Å². The Morgan fingerprint density at radius 1 is 1.03 bits per heavy atom. The minimum Gasteiger partial charge on any atom is -0.357 e. The van der Waals surface area contributed by atoms with Gasteiger partial charge in [-0.2, -0.15) is 0 Å². The molecule has 3 aromatic rings. The van der Waals surface area contributed by atoms with Crippen molar-refractivity contribution in [3.63, 3.8) is 0 Å². The Bertz CT molecular complexity index is 1380. The van der Waals surface area contributed by atoms with E-state index in [0.717, 1.165) is 5.56 Å². The summed E-state index contributed by atoms with van der Waals surface area (Å²) in [7, 11) is 0. The topological polar surface area (TPSA) is 92.6 Å². The van der Waals surface area contributed by atoms with Gasteiger partial charge in [-0.05, 0) is 47.7 Å². The minimum absolute atomic E-state index is 0.0622. The van der Waals surface area contributed by atoms with Gasteiger partial charge in [-0.25, -0.2) is 0 Å². The first-order valence-electron chi connectivity index (χ1n) is 11.3. The van der Waals surface area contributed by atoms with E-state index in [2.05, 4.69) is 5.32 Å². The molecule has 2 aliphatic rings. The number of ketones is 1. The number of nitro benzene ring substituents is 1. The number of non-ortho nitro benzene ring substituents is 1. The number of fused-ring (bicyclic) bond motifs is 1. The summed E-state index contributed by atoms with van der Waals surface area (Å²) in [5.74, 6) is -0.431. The zero-order valence-corrected chi connectivity index (χ0v) is 19.7. The van der Waals surface area contributed by atoms with E-state index in [1.807, 2.05) is 48.5 Å². The SMILES string of the molecule is CC(=O)N1c2ccccc2NC2=C(C(=O)CC(c3ccc(Cl)cc3)C2)C1c1cccc([N+](=O)[O-])c1. The number of halogens is 1. The summed E-state index contributed by atoms with van der Waals surface area (Å²) in [6.45, 7) is 1.44. The van der Waals surface area contributed by atoms with E-state index >= 15 is 0 Å². The third-order valence-electron chi connectivity index (χ3n) is 6.57. The number of nitro groups is 1. The number of allylic oxidation sites excluding steroid dienone is 1. The number of nitrogens with one attached hydrogen (secondary N) is 1. The molecule has 5 rings (SSSR count). The van der Waals surface area contributed by atoms with Crippen LogP contribution in [0.5, 0.6) is 0 Å². The van der Waals surface area contributed by atoms with Crippen LogP contribution in [0, 0.1) is 10.1 Å². The maximum Gasteiger partial charge on any atom is 0.269 e. The average Bonchev–Trinajstić information content (AvgIpc) is 2.99. The predicted molar refractivity (Wildman–Crippen MR) is 135 cm³/mol. The Morgan fingerprint density at radius 2 is 1.77 bits per heavy atom. The fourth-order valence-electron chi connectivity index (χ4n) is 5.03. The molecule has 0 saturated heterocycles. The highest BCUT2D eigenvalue weighted by Gasteiger charge is 2.41. The molecule has 1 heterocycles. The maximum atomic E-state index is 13.8. The molecular formula is C27H22ClN3O4. The first kappa shape index (κ1) is 22.8. The van der Waals surface area contributed by atoms with E-state index in [0.29, 0.717) is 39.7 Å². The first-order chi connectivity index (χ1) is 16.8. The molecule has 1 amide bonds. The molecule has 0 fully saturated rings. The largest absolute Gasteiger partial charge is 0.357 e. The standard InChI is InChI=1S/C27H22ClN3O4/c1-16(32)30-24-8-3-2-7-22(24)29-23-14-19(17-9-11-20(28)12-10-17)15-25(33)26(23)27(30)18-5-4-6-21(13-18)31(34)35/h2-13,19,27,29H,14-15H2,1H3. The summed E-state index contributed by atoms with van der Waals surface area (Å²) in [6.07, 6.45) is 0.809. The fraction of sp³-hybridized carbons (Fsp3) is 0.185. The van der Waals surface area contributed by atoms with Gasteiger partial charge in [0.2, 0.25) is 5.91 Å². The van der Waals surface area contributed by atoms with Crippen LogP contribution in [0.4, 0.5) is 17.1 Å². The van der Waals surface area contributed by atoms with Crippen molar-refractivity contribution in [2.24, 2.45) is 0 Å². The Hall–Kier alpha value is -3.97. The van der Waals surface area contributed by atoms with E-state index < -0.39 is 11.0 Å². The lowest BCUT2D eigenvalue weighted by atomic mass is 9.78. The van der Waals surface area contributed by atoms with E-state index in [1.165, 1.54) is 19.1 Å². The van der Waals surface area contributed by atoms with Crippen LogP contribution in [0.2, 0.25) is 5.02 Å². The number of carbonyl (C=O) groups is 2. The van der Waals surface area contributed by atoms with Gasteiger partial charge < -0.3 is 5.32 Å². The van der Waals surface area contributed by atoms with Gasteiger partial charge in [0.05, 0.1) is 22.3 Å². The van der Waals surface area contributed by atoms with Gasteiger partial charge in [0, 0.05) is 41.8 Å². The van der Waals surface area contributed by atoms with E-state index in [4.69, 9.17) is 11.6 Å². The van der Waals surface area contributed by atoms with Crippen molar-refractivity contribution in [2.75, 3.05) is 10.2 Å². The molecule has 2 unspecified atom stereocenters. The molecule has 2 atom stereocenters. The van der Waals surface area contributed by atoms with E-state index in [9.17, 15) is 19.7 Å². The van der Waals surface area contributed by atoms with Crippen molar-refractivity contribution in [3.8, 4) is 0 Å². The lowest BCUT2D eigenvalue weighted by Gasteiger charge is -2.34. The number of nitrogens with zero attached hydrogens (tertiary/aromatic N) is 2. The predicted octanol–water partition coefficient (Wildman–Crippen LogP) is 6.17. The molecule has 0 aromatic heterocycles. The quantitative estimate of drug-likeness (QED) is 0.352. The summed E-state index contributed by atoms with van der Waals surface area (Å²) >= 11 is 6.06. The lowest BCUT2D eigenvalue weighted by molar-refractivity contribution is -0.384. The monoisotopic (exact) mass is 487 g/mol. The Kier molecular flexibility index (Phi) is 5.86. The molecule has 0 saturated carbocycles. The molecule has 176 valence electrons. The number of Topliss-reactive ketones (excluding diaryl/α,β-unsaturated/α-hetero) is 1. The molecule has 0 bridgehead atoms. The van der Waals surface area contributed by atoms with Crippen molar-refractivity contribution >= 4 is 40.4 Å². The third kappa shape index (κ3) is 4.19. The molecule has 1 aliphatic heterocycles. The highest BCUT2D eigenvalue weighted by molar-refractivity contribution is 6.30. The van der Waals surface area contributed by atoms with Crippen LogP contribution in [-0.2, 0) is 9.59 Å². The van der Waals surface area contributed by atoms with Crippen LogP contribution >= 0.6 is 11.6 Å². The summed E-state index contributed by atoms with van der Waals surface area (Å²) in [5, 5.41) is 15.6. The van der Waals surface area contributed by atoms with E-state index in [1.54, 1.807) is 17.0 Å². The van der Waals surface area contributed by atoms with Crippen molar-refractivity contribution in [3.05, 3.63) is 110 Å². The Labute approximate surface area is 207 Å². The number of rotatable bonds is 3. The summed E-state index contributed by atoms with van der Waals surface area (Å²) in [4.78, 5) is 39.4. The molecule has 8 heteroatoms. The Balaban J connectivity index is 1.71. The molecule has 3 aromatic carbocycles. The molecule has 0 radical (unpaired) electrons. The third-order valence-corrected chi connectivity index (χ3v) is 6.82. The zero-order valence-electron chi connectivity index (χ0n) is 18.9. The normalized spacial score (nSPS) is 19.4. The van der Waals surface area contributed by atoms with Crippen LogP contribution in [-0.4, -0.2) is 16.6 Å². The molecule has 0 spiro atoms. The summed E-state index contributed by atoms with van der Waals surface area (Å²) in [5.41, 5.74) is 3.91. The second-order valence-electron chi connectivity index (χ2n) is 8.76. The number of amides is 1. The number of para-hydroxylation sites is 2. The van der Waals surface area contributed by atoms with Crippen molar-refractivity contribution in [1.82, 2.24) is 0 Å². The maximum absolute atomic E-state index is 13.8. The van der Waals surface area contributed by atoms with E-state index in [-0.39, 0.29) is 29.7 Å². The number of hydrogen-bond acceptors (Lipinski definition) is 5. The molecule has 35 heavy (non-hydrogen) atoms. The van der Waals surface area contributed by atoms with Gasteiger partial charge in [-0.15, -0.1) is 0 Å². The van der Waals surface area contributed by atoms with Crippen molar-refractivity contribution in [1.29, 1.82) is 0 Å². The zero-order chi connectivity index (χ0) is 24.7. The van der Waals surface area contributed by atoms with Crippen LogP contribution in [0.3, 0.4) is 0 Å². The highest BCUT2D eigenvalue weighted by atomic mass is 35.5. The fourth-order valence-corrected chi connectivity index (χ4v) is 5.16.